The molecule has 0 bridgehead atoms. The Balaban J connectivity index is 2.12. The SMILES string of the molecule is COc1ccc(CNS(=O)(=O)c2ccc(SC)cc2)cc1OC. The topological polar surface area (TPSA) is 64.6 Å². The molecular formula is C16H19NO4S2. The van der Waals surface area contributed by atoms with Gasteiger partial charge in [-0.05, 0) is 48.2 Å². The highest BCUT2D eigenvalue weighted by Gasteiger charge is 2.14. The zero-order valence-electron chi connectivity index (χ0n) is 13.2. The molecule has 0 saturated heterocycles. The fourth-order valence-corrected chi connectivity index (χ4v) is 3.43. The lowest BCUT2D eigenvalue weighted by molar-refractivity contribution is 0.354. The van der Waals surface area contributed by atoms with E-state index in [-0.39, 0.29) is 11.4 Å². The van der Waals surface area contributed by atoms with Gasteiger partial charge in [-0.25, -0.2) is 13.1 Å². The molecule has 124 valence electrons. The molecular weight excluding hydrogens is 334 g/mol. The Labute approximate surface area is 141 Å². The molecule has 0 heterocycles. The highest BCUT2D eigenvalue weighted by molar-refractivity contribution is 7.98. The average molecular weight is 353 g/mol. The fourth-order valence-electron chi connectivity index (χ4n) is 2.01. The van der Waals surface area contributed by atoms with Gasteiger partial charge in [0.2, 0.25) is 10.0 Å². The van der Waals surface area contributed by atoms with E-state index >= 15 is 0 Å². The molecule has 2 rings (SSSR count). The zero-order valence-corrected chi connectivity index (χ0v) is 14.8. The second-order valence-electron chi connectivity index (χ2n) is 4.69. The van der Waals surface area contributed by atoms with Gasteiger partial charge >= 0.3 is 0 Å². The summed E-state index contributed by atoms with van der Waals surface area (Å²) in [5, 5.41) is 0. The summed E-state index contributed by atoms with van der Waals surface area (Å²) in [6.45, 7) is 0.174. The highest BCUT2D eigenvalue weighted by Crippen LogP contribution is 2.27. The van der Waals surface area contributed by atoms with Crippen LogP contribution in [0.15, 0.2) is 52.3 Å². The molecule has 23 heavy (non-hydrogen) atoms. The Hall–Kier alpha value is -1.70. The van der Waals surface area contributed by atoms with Gasteiger partial charge in [-0.1, -0.05) is 6.07 Å². The van der Waals surface area contributed by atoms with Gasteiger partial charge in [0.15, 0.2) is 11.5 Å². The lowest BCUT2D eigenvalue weighted by Crippen LogP contribution is -2.23. The van der Waals surface area contributed by atoms with Crippen LogP contribution in [0.5, 0.6) is 11.5 Å². The number of benzene rings is 2. The maximum absolute atomic E-state index is 12.3. The van der Waals surface area contributed by atoms with Crippen molar-refractivity contribution >= 4 is 21.8 Å². The summed E-state index contributed by atoms with van der Waals surface area (Å²) in [7, 11) is -0.455. The molecule has 0 spiro atoms. The van der Waals surface area contributed by atoms with Crippen molar-refractivity contribution in [2.24, 2.45) is 0 Å². The third kappa shape index (κ3) is 4.40. The summed E-state index contributed by atoms with van der Waals surface area (Å²) in [4.78, 5) is 1.26. The van der Waals surface area contributed by atoms with Gasteiger partial charge in [0, 0.05) is 11.4 Å². The predicted octanol–water partition coefficient (Wildman–Crippen LogP) is 2.90. The van der Waals surface area contributed by atoms with Crippen LogP contribution in [0, 0.1) is 0 Å². The van der Waals surface area contributed by atoms with Crippen molar-refractivity contribution < 1.29 is 17.9 Å². The van der Waals surface area contributed by atoms with Gasteiger partial charge in [0.25, 0.3) is 0 Å². The van der Waals surface area contributed by atoms with Crippen molar-refractivity contribution in [2.75, 3.05) is 20.5 Å². The van der Waals surface area contributed by atoms with Crippen LogP contribution in [0.1, 0.15) is 5.56 Å². The first-order chi connectivity index (χ1) is 11.0. The Morgan fingerprint density at radius 1 is 1.00 bits per heavy atom. The smallest absolute Gasteiger partial charge is 0.240 e. The van der Waals surface area contributed by atoms with E-state index < -0.39 is 10.0 Å². The Bertz CT molecular complexity index is 758. The minimum atomic E-state index is -3.55. The standard InChI is InChI=1S/C16H19NO4S2/c1-20-15-9-4-12(10-16(15)21-2)11-17-23(18,19)14-7-5-13(22-3)6-8-14/h4-10,17H,11H2,1-3H3. The minimum Gasteiger partial charge on any atom is -0.493 e. The van der Waals surface area contributed by atoms with Crippen molar-refractivity contribution in [3.63, 3.8) is 0 Å². The normalized spacial score (nSPS) is 11.3. The van der Waals surface area contributed by atoms with Gasteiger partial charge in [0.05, 0.1) is 19.1 Å². The van der Waals surface area contributed by atoms with Crippen LogP contribution in [0.2, 0.25) is 0 Å². The molecule has 7 heteroatoms. The van der Waals surface area contributed by atoms with Crippen molar-refractivity contribution in [1.29, 1.82) is 0 Å². The second kappa shape index (κ2) is 7.72. The molecule has 5 nitrogen and oxygen atoms in total. The molecule has 0 unspecified atom stereocenters. The van der Waals surface area contributed by atoms with Gasteiger partial charge in [-0.2, -0.15) is 0 Å². The Morgan fingerprint density at radius 2 is 1.65 bits per heavy atom. The number of nitrogens with one attached hydrogen (secondary N) is 1. The molecule has 0 atom stereocenters. The molecule has 2 aromatic rings. The molecule has 0 aliphatic rings. The van der Waals surface area contributed by atoms with Crippen molar-refractivity contribution in [2.45, 2.75) is 16.3 Å². The van der Waals surface area contributed by atoms with Crippen molar-refractivity contribution in [1.82, 2.24) is 4.72 Å². The molecule has 0 fully saturated rings. The van der Waals surface area contributed by atoms with Crippen LogP contribution in [0.3, 0.4) is 0 Å². The number of hydrogen-bond acceptors (Lipinski definition) is 5. The monoisotopic (exact) mass is 353 g/mol. The van der Waals surface area contributed by atoms with Crippen LogP contribution in [-0.2, 0) is 16.6 Å². The molecule has 0 amide bonds. The first kappa shape index (κ1) is 17.7. The summed E-state index contributed by atoms with van der Waals surface area (Å²) in [5.41, 5.74) is 0.784. The molecule has 1 N–H and O–H groups in total. The van der Waals surface area contributed by atoms with Crippen LogP contribution in [-0.4, -0.2) is 28.9 Å². The number of methoxy groups -OCH3 is 2. The molecule has 0 radical (unpaired) electrons. The van der Waals surface area contributed by atoms with E-state index in [2.05, 4.69) is 4.72 Å². The number of ether oxygens (including phenoxy) is 2. The molecule has 0 saturated carbocycles. The van der Waals surface area contributed by atoms with E-state index in [1.807, 2.05) is 6.26 Å². The number of sulfonamides is 1. The van der Waals surface area contributed by atoms with Gasteiger partial charge in [0.1, 0.15) is 0 Å². The van der Waals surface area contributed by atoms with E-state index in [9.17, 15) is 8.42 Å². The first-order valence-corrected chi connectivity index (χ1v) is 9.55. The van der Waals surface area contributed by atoms with E-state index in [4.69, 9.17) is 9.47 Å². The molecule has 0 aliphatic heterocycles. The maximum Gasteiger partial charge on any atom is 0.240 e. The summed E-state index contributed by atoms with van der Waals surface area (Å²) < 4.78 is 37.6. The largest absolute Gasteiger partial charge is 0.493 e. The summed E-state index contributed by atoms with van der Waals surface area (Å²) >= 11 is 1.56. The quantitative estimate of drug-likeness (QED) is 0.776. The van der Waals surface area contributed by atoms with E-state index in [0.29, 0.717) is 11.5 Å². The molecule has 0 aromatic heterocycles. The highest BCUT2D eigenvalue weighted by atomic mass is 32.2. The van der Waals surface area contributed by atoms with Crippen LogP contribution >= 0.6 is 11.8 Å². The minimum absolute atomic E-state index is 0.174. The predicted molar refractivity (Wildman–Crippen MR) is 91.8 cm³/mol. The van der Waals surface area contributed by atoms with Gasteiger partial charge in [-0.3, -0.25) is 0 Å². The molecule has 0 aliphatic carbocycles. The fraction of sp³-hybridized carbons (Fsp3) is 0.250. The number of thioether (sulfide) groups is 1. The lowest BCUT2D eigenvalue weighted by atomic mass is 10.2. The third-order valence-electron chi connectivity index (χ3n) is 3.28. The van der Waals surface area contributed by atoms with Crippen LogP contribution in [0.4, 0.5) is 0 Å². The van der Waals surface area contributed by atoms with E-state index in [0.717, 1.165) is 10.5 Å². The number of hydrogen-bond donors (Lipinski definition) is 1. The number of rotatable bonds is 7. The third-order valence-corrected chi connectivity index (χ3v) is 5.44. The summed E-state index contributed by atoms with van der Waals surface area (Å²) in [5.74, 6) is 1.17. The first-order valence-electron chi connectivity index (χ1n) is 6.85. The summed E-state index contributed by atoms with van der Waals surface area (Å²) in [6.07, 6.45) is 1.94. The Kier molecular flexibility index (Phi) is 5.92. The van der Waals surface area contributed by atoms with Crippen LogP contribution in [0.25, 0.3) is 0 Å². The maximum atomic E-state index is 12.3. The Morgan fingerprint density at radius 3 is 2.22 bits per heavy atom. The van der Waals surface area contributed by atoms with Crippen molar-refractivity contribution in [3.05, 3.63) is 48.0 Å². The van der Waals surface area contributed by atoms with Crippen LogP contribution < -0.4 is 14.2 Å². The van der Waals surface area contributed by atoms with E-state index in [1.165, 1.54) is 0 Å². The average Bonchev–Trinajstić information content (AvgIpc) is 2.59. The second-order valence-corrected chi connectivity index (χ2v) is 7.34. The zero-order chi connectivity index (χ0) is 16.9. The lowest BCUT2D eigenvalue weighted by Gasteiger charge is -2.11. The summed E-state index contributed by atoms with van der Waals surface area (Å²) in [6, 6.07) is 12.1. The van der Waals surface area contributed by atoms with E-state index in [1.54, 1.807) is 68.4 Å². The van der Waals surface area contributed by atoms with Gasteiger partial charge < -0.3 is 9.47 Å². The van der Waals surface area contributed by atoms with Gasteiger partial charge in [-0.15, -0.1) is 11.8 Å². The van der Waals surface area contributed by atoms with Crippen molar-refractivity contribution in [3.8, 4) is 11.5 Å². The molecule has 2 aromatic carbocycles.